The fraction of sp³-hybridized carbons (Fsp3) is 0.690. The minimum absolute atomic E-state index is 0.490. The van der Waals surface area contributed by atoms with E-state index in [2.05, 4.69) is 54.3 Å². The molecule has 0 unspecified atom stereocenters. The highest BCUT2D eigenvalue weighted by Gasteiger charge is 2.26. The standard InChI is InChI=1S/C29H47N9S/c30-26-19-27(37-15-17-38(18-16-37)29(39)34-25-11-12-25)36-28(35-26)33-21-23-9-7-22(8-10-23)20-31-13-4-14-32-24-5-2-1-3-6-24/h7,9-10,19,22,24-25,31-32H,1-6,8,11-18,20-21H2,(H,34,39)(H3,30,33,35,36)/t22-/m1/s1. The first-order chi connectivity index (χ1) is 19.1. The van der Waals surface area contributed by atoms with Crippen molar-refractivity contribution < 1.29 is 0 Å². The maximum absolute atomic E-state index is 6.15. The van der Waals surface area contributed by atoms with Gasteiger partial charge in [-0.1, -0.05) is 37.5 Å². The second-order valence-corrected chi connectivity index (χ2v) is 11.9. The topological polar surface area (TPSA) is 106 Å². The summed E-state index contributed by atoms with van der Waals surface area (Å²) in [5, 5.41) is 15.1. The van der Waals surface area contributed by atoms with E-state index >= 15 is 0 Å². The minimum atomic E-state index is 0.490. The summed E-state index contributed by atoms with van der Waals surface area (Å²) in [4.78, 5) is 13.7. The van der Waals surface area contributed by atoms with Crippen LogP contribution in [0.5, 0.6) is 0 Å². The Kier molecular flexibility index (Phi) is 10.3. The molecule has 0 amide bonds. The van der Waals surface area contributed by atoms with Crippen molar-refractivity contribution in [1.29, 1.82) is 0 Å². The van der Waals surface area contributed by atoms with Gasteiger partial charge in [-0.2, -0.15) is 9.97 Å². The second kappa shape index (κ2) is 14.3. The number of hydrogen-bond donors (Lipinski definition) is 5. The van der Waals surface area contributed by atoms with Crippen molar-refractivity contribution in [3.63, 3.8) is 0 Å². The van der Waals surface area contributed by atoms with Gasteiger partial charge in [0.15, 0.2) is 5.11 Å². The van der Waals surface area contributed by atoms with Crippen LogP contribution in [0.4, 0.5) is 17.6 Å². The van der Waals surface area contributed by atoms with Crippen LogP contribution in [-0.2, 0) is 0 Å². The Morgan fingerprint density at radius 2 is 1.82 bits per heavy atom. The van der Waals surface area contributed by atoms with E-state index in [1.54, 1.807) is 0 Å². The molecule has 214 valence electrons. The number of nitrogens with zero attached hydrogens (tertiary/aromatic N) is 4. The average Bonchev–Trinajstić information content (AvgIpc) is 3.79. The van der Waals surface area contributed by atoms with E-state index in [-0.39, 0.29) is 0 Å². The Balaban J connectivity index is 0.983. The lowest BCUT2D eigenvalue weighted by Crippen LogP contribution is -2.52. The smallest absolute Gasteiger partial charge is 0.226 e. The first kappa shape index (κ1) is 28.1. The molecule has 1 aromatic heterocycles. The van der Waals surface area contributed by atoms with Gasteiger partial charge in [-0.25, -0.2) is 0 Å². The van der Waals surface area contributed by atoms with Gasteiger partial charge < -0.3 is 36.8 Å². The van der Waals surface area contributed by atoms with E-state index in [1.165, 1.54) is 56.9 Å². The molecular weight excluding hydrogens is 506 g/mol. The number of nitrogen functional groups attached to an aromatic ring is 1. The summed E-state index contributed by atoms with van der Waals surface area (Å²) in [6.45, 7) is 7.44. The van der Waals surface area contributed by atoms with Gasteiger partial charge in [-0.15, -0.1) is 0 Å². The average molecular weight is 554 g/mol. The van der Waals surface area contributed by atoms with Gasteiger partial charge in [-0.05, 0) is 75.3 Å². The third-order valence-corrected chi connectivity index (χ3v) is 8.60. The summed E-state index contributed by atoms with van der Waals surface area (Å²) < 4.78 is 0. The van der Waals surface area contributed by atoms with Crippen LogP contribution in [0.25, 0.3) is 0 Å². The van der Waals surface area contributed by atoms with Crippen LogP contribution >= 0.6 is 12.2 Å². The molecule has 0 spiro atoms. The molecule has 1 aromatic rings. The van der Waals surface area contributed by atoms with Crippen molar-refractivity contribution in [1.82, 2.24) is 30.8 Å². The van der Waals surface area contributed by atoms with E-state index in [0.717, 1.165) is 69.2 Å². The van der Waals surface area contributed by atoms with Gasteiger partial charge in [0, 0.05) is 57.4 Å². The third kappa shape index (κ3) is 9.05. The van der Waals surface area contributed by atoms with Crippen LogP contribution in [0.2, 0.25) is 0 Å². The Morgan fingerprint density at radius 3 is 2.56 bits per heavy atom. The predicted molar refractivity (Wildman–Crippen MR) is 165 cm³/mol. The first-order valence-corrected chi connectivity index (χ1v) is 15.5. The molecule has 2 saturated carbocycles. The molecule has 5 rings (SSSR count). The number of nitrogens with two attached hydrogens (primary N) is 1. The number of aromatic nitrogens is 2. The number of thiocarbonyl (C=S) groups is 1. The molecule has 9 nitrogen and oxygen atoms in total. The molecule has 3 fully saturated rings. The van der Waals surface area contributed by atoms with Crippen LogP contribution in [0.15, 0.2) is 29.9 Å². The zero-order valence-electron chi connectivity index (χ0n) is 23.3. The van der Waals surface area contributed by atoms with Gasteiger partial charge in [0.2, 0.25) is 5.95 Å². The summed E-state index contributed by atoms with van der Waals surface area (Å²) in [5.41, 5.74) is 7.41. The summed E-state index contributed by atoms with van der Waals surface area (Å²) in [6.07, 6.45) is 18.6. The molecular formula is C29H47N9S. The molecule has 2 heterocycles. The highest BCUT2D eigenvalue weighted by Crippen LogP contribution is 2.22. The summed E-state index contributed by atoms with van der Waals surface area (Å²) in [7, 11) is 0. The largest absolute Gasteiger partial charge is 0.383 e. The second-order valence-electron chi connectivity index (χ2n) is 11.5. The fourth-order valence-corrected chi connectivity index (χ4v) is 5.96. The van der Waals surface area contributed by atoms with Crippen LogP contribution in [0.1, 0.15) is 57.8 Å². The highest BCUT2D eigenvalue weighted by atomic mass is 32.1. The third-order valence-electron chi connectivity index (χ3n) is 8.22. The van der Waals surface area contributed by atoms with Crippen molar-refractivity contribution in [2.45, 2.75) is 69.9 Å². The summed E-state index contributed by atoms with van der Waals surface area (Å²) in [6, 6.07) is 3.21. The zero-order chi connectivity index (χ0) is 26.9. The van der Waals surface area contributed by atoms with Crippen molar-refractivity contribution in [2.75, 3.05) is 68.3 Å². The summed E-state index contributed by atoms with van der Waals surface area (Å²) >= 11 is 5.57. The van der Waals surface area contributed by atoms with Crippen LogP contribution in [-0.4, -0.2) is 84.4 Å². The molecule has 4 aliphatic rings. The number of nitrogens with one attached hydrogen (secondary N) is 4. The molecule has 1 saturated heterocycles. The Hall–Kier alpha value is -2.43. The van der Waals surface area contributed by atoms with Crippen LogP contribution < -0.4 is 31.9 Å². The lowest BCUT2D eigenvalue weighted by atomic mass is 9.95. The predicted octanol–water partition coefficient (Wildman–Crippen LogP) is 3.03. The van der Waals surface area contributed by atoms with Crippen molar-refractivity contribution >= 4 is 34.9 Å². The van der Waals surface area contributed by atoms with E-state index in [0.29, 0.717) is 30.3 Å². The normalized spacial score (nSPS) is 22.1. The summed E-state index contributed by atoms with van der Waals surface area (Å²) in [5.74, 6) is 2.50. The molecule has 1 atom stereocenters. The molecule has 3 aliphatic carbocycles. The van der Waals surface area contributed by atoms with Gasteiger partial charge in [0.05, 0.1) is 0 Å². The van der Waals surface area contributed by atoms with Gasteiger partial charge in [0.25, 0.3) is 0 Å². The maximum Gasteiger partial charge on any atom is 0.226 e. The fourth-order valence-electron chi connectivity index (χ4n) is 5.61. The Labute approximate surface area is 239 Å². The van der Waals surface area contributed by atoms with Crippen LogP contribution in [0, 0.1) is 5.92 Å². The number of hydrogen-bond acceptors (Lipinski definition) is 8. The van der Waals surface area contributed by atoms with Crippen molar-refractivity contribution in [3.8, 4) is 0 Å². The first-order valence-electron chi connectivity index (χ1n) is 15.1. The van der Waals surface area contributed by atoms with E-state index < -0.39 is 0 Å². The van der Waals surface area contributed by atoms with Gasteiger partial charge in [-0.3, -0.25) is 0 Å². The molecule has 6 N–H and O–H groups in total. The van der Waals surface area contributed by atoms with E-state index in [9.17, 15) is 0 Å². The molecule has 0 bridgehead atoms. The Morgan fingerprint density at radius 1 is 1.00 bits per heavy atom. The lowest BCUT2D eigenvalue weighted by molar-refractivity contribution is 0.370. The highest BCUT2D eigenvalue weighted by molar-refractivity contribution is 7.80. The zero-order valence-corrected chi connectivity index (χ0v) is 24.2. The Bertz CT molecular complexity index is 994. The molecule has 1 aliphatic heterocycles. The molecule has 0 radical (unpaired) electrons. The van der Waals surface area contributed by atoms with Crippen molar-refractivity contribution in [2.24, 2.45) is 5.92 Å². The molecule has 0 aromatic carbocycles. The maximum atomic E-state index is 6.15. The molecule has 39 heavy (non-hydrogen) atoms. The quantitative estimate of drug-likeness (QED) is 0.196. The van der Waals surface area contributed by atoms with Gasteiger partial charge >= 0.3 is 0 Å². The SMILES string of the molecule is Nc1cc(N2CCN(C(=S)NC3CC3)CC2)nc(NCC2=CC[C@H](CNCCCNC3CCCCC3)C=C2)n1. The van der Waals surface area contributed by atoms with Crippen LogP contribution in [0.3, 0.4) is 0 Å². The number of allylic oxidation sites excluding steroid dienone is 1. The number of piperazine rings is 1. The lowest BCUT2D eigenvalue weighted by Gasteiger charge is -2.37. The number of rotatable bonds is 12. The molecule has 10 heteroatoms. The monoisotopic (exact) mass is 553 g/mol. The van der Waals surface area contributed by atoms with Gasteiger partial charge in [0.1, 0.15) is 11.6 Å². The number of anilines is 3. The van der Waals surface area contributed by atoms with E-state index in [1.807, 2.05) is 6.07 Å². The minimum Gasteiger partial charge on any atom is -0.383 e. The van der Waals surface area contributed by atoms with E-state index in [4.69, 9.17) is 22.9 Å². The van der Waals surface area contributed by atoms with Crippen molar-refractivity contribution in [3.05, 3.63) is 29.9 Å².